The fraction of sp³-hybridized carbons (Fsp3) is 0.500. The van der Waals surface area contributed by atoms with E-state index < -0.39 is 10.0 Å². The monoisotopic (exact) mass is 421 g/mol. The van der Waals surface area contributed by atoms with Crippen molar-refractivity contribution >= 4 is 15.9 Å². The number of nitrogens with zero attached hydrogens (tertiary/aromatic N) is 2. The Morgan fingerprint density at radius 3 is 2.83 bits per heavy atom. The van der Waals surface area contributed by atoms with Gasteiger partial charge in [-0.05, 0) is 51.3 Å². The first-order valence-electron chi connectivity index (χ1n) is 9.65. The minimum atomic E-state index is -3.30. The van der Waals surface area contributed by atoms with Gasteiger partial charge in [-0.25, -0.2) is 13.1 Å². The molecule has 29 heavy (non-hydrogen) atoms. The minimum Gasteiger partial charge on any atom is -0.489 e. The number of benzene rings is 1. The number of aromatic nitrogens is 1. The van der Waals surface area contributed by atoms with Crippen LogP contribution in [-0.4, -0.2) is 49.8 Å². The molecule has 158 valence electrons. The van der Waals surface area contributed by atoms with Gasteiger partial charge in [-0.15, -0.1) is 0 Å². The normalized spacial score (nSPS) is 17.3. The summed E-state index contributed by atoms with van der Waals surface area (Å²) in [5, 5.41) is 3.91. The molecule has 0 aliphatic carbocycles. The molecule has 0 radical (unpaired) electrons. The second kappa shape index (κ2) is 8.96. The molecule has 0 bridgehead atoms. The summed E-state index contributed by atoms with van der Waals surface area (Å²) in [7, 11) is -3.30. The van der Waals surface area contributed by atoms with Crippen LogP contribution in [0.15, 0.2) is 28.8 Å². The van der Waals surface area contributed by atoms with Gasteiger partial charge in [0.1, 0.15) is 18.1 Å². The first-order chi connectivity index (χ1) is 13.7. The second-order valence-corrected chi connectivity index (χ2v) is 9.22. The predicted octanol–water partition coefficient (Wildman–Crippen LogP) is 2.41. The maximum absolute atomic E-state index is 13.1. The van der Waals surface area contributed by atoms with Crippen LogP contribution in [0.2, 0.25) is 0 Å². The molecule has 2 aromatic rings. The van der Waals surface area contributed by atoms with Crippen molar-refractivity contribution in [1.29, 1.82) is 0 Å². The van der Waals surface area contributed by atoms with Gasteiger partial charge in [0.2, 0.25) is 10.0 Å². The lowest BCUT2D eigenvalue weighted by Gasteiger charge is -2.36. The SMILES string of the molecule is Cc1noc(C)c1COc1cccc(C(=O)N2CCCCC2CNS(C)(=O)=O)c1. The summed E-state index contributed by atoms with van der Waals surface area (Å²) in [5.41, 5.74) is 2.20. The maximum Gasteiger partial charge on any atom is 0.254 e. The number of likely N-dealkylation sites (tertiary alicyclic amines) is 1. The molecular weight excluding hydrogens is 394 g/mol. The first-order valence-corrected chi connectivity index (χ1v) is 11.5. The van der Waals surface area contributed by atoms with E-state index >= 15 is 0 Å². The summed E-state index contributed by atoms with van der Waals surface area (Å²) in [6, 6.07) is 6.90. The zero-order valence-corrected chi connectivity index (χ0v) is 17.8. The average molecular weight is 422 g/mol. The third kappa shape index (κ3) is 5.57. The second-order valence-electron chi connectivity index (χ2n) is 7.39. The molecular formula is C20H27N3O5S. The van der Waals surface area contributed by atoms with Crippen molar-refractivity contribution in [2.45, 2.75) is 45.8 Å². The van der Waals surface area contributed by atoms with Crippen LogP contribution in [0.5, 0.6) is 5.75 Å². The molecule has 1 aliphatic rings. The van der Waals surface area contributed by atoms with Crippen LogP contribution in [0.3, 0.4) is 0 Å². The van der Waals surface area contributed by atoms with E-state index in [9.17, 15) is 13.2 Å². The number of nitrogens with one attached hydrogen (secondary N) is 1. The zero-order chi connectivity index (χ0) is 21.0. The van der Waals surface area contributed by atoms with Gasteiger partial charge < -0.3 is 14.2 Å². The van der Waals surface area contributed by atoms with Gasteiger partial charge in [0.25, 0.3) is 5.91 Å². The molecule has 1 aromatic heterocycles. The molecule has 9 heteroatoms. The zero-order valence-electron chi connectivity index (χ0n) is 17.0. The van der Waals surface area contributed by atoms with Gasteiger partial charge in [0.05, 0.1) is 17.5 Å². The van der Waals surface area contributed by atoms with Crippen molar-refractivity contribution in [2.24, 2.45) is 0 Å². The number of sulfonamides is 1. The van der Waals surface area contributed by atoms with Crippen LogP contribution in [0, 0.1) is 13.8 Å². The van der Waals surface area contributed by atoms with E-state index in [4.69, 9.17) is 9.26 Å². The quantitative estimate of drug-likeness (QED) is 0.737. The minimum absolute atomic E-state index is 0.118. The molecule has 8 nitrogen and oxygen atoms in total. The molecule has 1 aromatic carbocycles. The number of aryl methyl sites for hydroxylation is 2. The van der Waals surface area contributed by atoms with Gasteiger partial charge in [-0.1, -0.05) is 11.2 Å². The Hall–Kier alpha value is -2.39. The van der Waals surface area contributed by atoms with Gasteiger partial charge in [-0.2, -0.15) is 0 Å². The summed E-state index contributed by atoms with van der Waals surface area (Å²) in [6.07, 6.45) is 3.78. The Morgan fingerprint density at radius 1 is 1.34 bits per heavy atom. The molecule has 3 rings (SSSR count). The van der Waals surface area contributed by atoms with E-state index in [-0.39, 0.29) is 18.5 Å². The molecule has 1 saturated heterocycles. The van der Waals surface area contributed by atoms with Crippen LogP contribution >= 0.6 is 0 Å². The van der Waals surface area contributed by atoms with Crippen molar-refractivity contribution in [3.63, 3.8) is 0 Å². The van der Waals surface area contributed by atoms with Crippen LogP contribution < -0.4 is 9.46 Å². The predicted molar refractivity (Wildman–Crippen MR) is 108 cm³/mol. The molecule has 0 spiro atoms. The fourth-order valence-corrected chi connectivity index (χ4v) is 3.97. The van der Waals surface area contributed by atoms with E-state index in [1.165, 1.54) is 0 Å². The third-order valence-corrected chi connectivity index (χ3v) is 5.81. The van der Waals surface area contributed by atoms with E-state index in [0.717, 1.165) is 36.8 Å². The molecule has 1 aliphatic heterocycles. The summed E-state index contributed by atoms with van der Waals surface area (Å²) in [4.78, 5) is 14.9. The smallest absolute Gasteiger partial charge is 0.254 e. The lowest BCUT2D eigenvalue weighted by molar-refractivity contribution is 0.0618. The third-order valence-electron chi connectivity index (χ3n) is 5.11. The summed E-state index contributed by atoms with van der Waals surface area (Å²) in [5.74, 6) is 1.18. The lowest BCUT2D eigenvalue weighted by atomic mass is 10.0. The number of carbonyl (C=O) groups excluding carboxylic acids is 1. The summed E-state index contributed by atoms with van der Waals surface area (Å²) >= 11 is 0. The average Bonchev–Trinajstić information content (AvgIpc) is 3.01. The van der Waals surface area contributed by atoms with Crippen LogP contribution in [0.4, 0.5) is 0 Å². The highest BCUT2D eigenvalue weighted by Crippen LogP contribution is 2.23. The van der Waals surface area contributed by atoms with E-state index in [0.29, 0.717) is 30.2 Å². The standard InChI is InChI=1S/C20H27N3O5S/c1-14-19(15(2)28-22-14)13-27-18-9-6-7-16(11-18)20(24)23-10-5-4-8-17(23)12-21-29(3,25)26/h6-7,9,11,17,21H,4-5,8,10,12-13H2,1-3H3. The Bertz CT molecular complexity index is 951. The van der Waals surface area contributed by atoms with Crippen LogP contribution in [0.1, 0.15) is 46.6 Å². The molecule has 2 heterocycles. The lowest BCUT2D eigenvalue weighted by Crippen LogP contribution is -2.49. The fourth-order valence-electron chi connectivity index (χ4n) is 3.48. The Labute approximate surface area is 171 Å². The molecule has 1 amide bonds. The van der Waals surface area contributed by atoms with Gasteiger partial charge in [-0.3, -0.25) is 4.79 Å². The molecule has 0 saturated carbocycles. The largest absolute Gasteiger partial charge is 0.489 e. The number of hydrogen-bond donors (Lipinski definition) is 1. The summed E-state index contributed by atoms with van der Waals surface area (Å²) in [6.45, 7) is 4.84. The number of hydrogen-bond acceptors (Lipinski definition) is 6. The molecule has 1 N–H and O–H groups in total. The number of ether oxygens (including phenoxy) is 1. The highest BCUT2D eigenvalue weighted by molar-refractivity contribution is 7.88. The molecule has 1 atom stereocenters. The molecule has 1 fully saturated rings. The van der Waals surface area contributed by atoms with Crippen LogP contribution in [-0.2, 0) is 16.6 Å². The highest BCUT2D eigenvalue weighted by atomic mass is 32.2. The number of rotatable bonds is 7. The highest BCUT2D eigenvalue weighted by Gasteiger charge is 2.28. The van der Waals surface area contributed by atoms with Crippen molar-refractivity contribution in [3.05, 3.63) is 46.8 Å². The Kier molecular flexibility index (Phi) is 6.59. The first kappa shape index (κ1) is 21.3. The number of carbonyl (C=O) groups is 1. The number of piperidine rings is 1. The van der Waals surface area contributed by atoms with E-state index in [2.05, 4.69) is 9.88 Å². The van der Waals surface area contributed by atoms with Crippen molar-refractivity contribution in [3.8, 4) is 5.75 Å². The van der Waals surface area contributed by atoms with Gasteiger partial charge in [0, 0.05) is 24.7 Å². The Balaban J connectivity index is 1.70. The van der Waals surface area contributed by atoms with Crippen LogP contribution in [0.25, 0.3) is 0 Å². The topological polar surface area (TPSA) is 102 Å². The summed E-state index contributed by atoms with van der Waals surface area (Å²) < 4.78 is 36.4. The van der Waals surface area contributed by atoms with Crippen molar-refractivity contribution < 1.29 is 22.5 Å². The van der Waals surface area contributed by atoms with Gasteiger partial charge >= 0.3 is 0 Å². The molecule has 1 unspecified atom stereocenters. The van der Waals surface area contributed by atoms with E-state index in [1.807, 2.05) is 13.8 Å². The number of amides is 1. The maximum atomic E-state index is 13.1. The Morgan fingerprint density at radius 2 is 2.14 bits per heavy atom. The van der Waals surface area contributed by atoms with Crippen molar-refractivity contribution in [1.82, 2.24) is 14.8 Å². The van der Waals surface area contributed by atoms with Crippen molar-refractivity contribution in [2.75, 3.05) is 19.3 Å². The van der Waals surface area contributed by atoms with Gasteiger partial charge in [0.15, 0.2) is 0 Å². The van der Waals surface area contributed by atoms with E-state index in [1.54, 1.807) is 29.2 Å².